The maximum Gasteiger partial charge on any atom is 0.249 e. The van der Waals surface area contributed by atoms with Gasteiger partial charge in [0, 0.05) is 11.4 Å². The third-order valence-corrected chi connectivity index (χ3v) is 5.03. The number of thiophene rings is 1. The standard InChI is InChI=1S/C16H23NO2S/c1-16(2,3)19-10-14(18)17-8-6-13-12(7-9-20-13)15(17)11-4-5-11/h7,9,11,15H,4-6,8,10H2,1-3H3. The second-order valence-electron chi connectivity index (χ2n) is 6.82. The summed E-state index contributed by atoms with van der Waals surface area (Å²) in [7, 11) is 0. The van der Waals surface area contributed by atoms with E-state index in [-0.39, 0.29) is 18.1 Å². The lowest BCUT2D eigenvalue weighted by molar-refractivity contribution is -0.144. The molecule has 2 heterocycles. The summed E-state index contributed by atoms with van der Waals surface area (Å²) in [6, 6.07) is 2.52. The van der Waals surface area contributed by atoms with Crippen LogP contribution in [0, 0.1) is 5.92 Å². The molecular formula is C16H23NO2S. The molecule has 1 saturated carbocycles. The molecule has 0 spiro atoms. The number of carbonyl (C=O) groups is 1. The second kappa shape index (κ2) is 5.15. The van der Waals surface area contributed by atoms with Crippen molar-refractivity contribution in [2.75, 3.05) is 13.2 Å². The first-order valence-electron chi connectivity index (χ1n) is 7.45. The molecule has 1 fully saturated rings. The fraction of sp³-hybridized carbons (Fsp3) is 0.688. The van der Waals surface area contributed by atoms with Crippen molar-refractivity contribution in [2.45, 2.75) is 51.7 Å². The fourth-order valence-corrected chi connectivity index (χ4v) is 3.82. The van der Waals surface area contributed by atoms with Crippen LogP contribution >= 0.6 is 11.3 Å². The zero-order chi connectivity index (χ0) is 14.3. The molecule has 1 unspecified atom stereocenters. The van der Waals surface area contributed by atoms with Gasteiger partial charge in [0.1, 0.15) is 6.61 Å². The summed E-state index contributed by atoms with van der Waals surface area (Å²) in [5.74, 6) is 0.816. The average molecular weight is 293 g/mol. The summed E-state index contributed by atoms with van der Waals surface area (Å²) < 4.78 is 5.67. The number of hydrogen-bond donors (Lipinski definition) is 0. The van der Waals surface area contributed by atoms with Gasteiger partial charge in [-0.15, -0.1) is 11.3 Å². The van der Waals surface area contributed by atoms with Gasteiger partial charge in [0.25, 0.3) is 0 Å². The van der Waals surface area contributed by atoms with Gasteiger partial charge in [-0.3, -0.25) is 4.79 Å². The highest BCUT2D eigenvalue weighted by molar-refractivity contribution is 7.10. The van der Waals surface area contributed by atoms with Gasteiger partial charge in [-0.1, -0.05) is 0 Å². The molecule has 0 bridgehead atoms. The van der Waals surface area contributed by atoms with Gasteiger partial charge in [0.05, 0.1) is 11.6 Å². The SMILES string of the molecule is CC(C)(C)OCC(=O)N1CCc2sccc2C1C1CC1. The zero-order valence-electron chi connectivity index (χ0n) is 12.5. The van der Waals surface area contributed by atoms with Crippen LogP contribution in [-0.2, 0) is 16.0 Å². The lowest BCUT2D eigenvalue weighted by Gasteiger charge is -2.36. The molecule has 4 heteroatoms. The highest BCUT2D eigenvalue weighted by atomic mass is 32.1. The fourth-order valence-electron chi connectivity index (χ4n) is 2.91. The summed E-state index contributed by atoms with van der Waals surface area (Å²) >= 11 is 1.84. The van der Waals surface area contributed by atoms with Crippen LogP contribution in [0.4, 0.5) is 0 Å². The maximum atomic E-state index is 12.5. The molecule has 1 aliphatic carbocycles. The van der Waals surface area contributed by atoms with Crippen molar-refractivity contribution in [3.8, 4) is 0 Å². The first kappa shape index (κ1) is 14.1. The van der Waals surface area contributed by atoms with Crippen molar-refractivity contribution in [3.05, 3.63) is 21.9 Å². The van der Waals surface area contributed by atoms with Crippen LogP contribution in [0.25, 0.3) is 0 Å². The van der Waals surface area contributed by atoms with Gasteiger partial charge in [0.15, 0.2) is 0 Å². The molecule has 0 N–H and O–H groups in total. The first-order chi connectivity index (χ1) is 9.46. The third kappa shape index (κ3) is 2.91. The predicted octanol–water partition coefficient (Wildman–Crippen LogP) is 3.40. The Balaban J connectivity index is 1.74. The number of carbonyl (C=O) groups excluding carboxylic acids is 1. The molecule has 1 aromatic rings. The van der Waals surface area contributed by atoms with Crippen molar-refractivity contribution in [1.29, 1.82) is 0 Å². The van der Waals surface area contributed by atoms with E-state index in [9.17, 15) is 4.79 Å². The van der Waals surface area contributed by atoms with Gasteiger partial charge < -0.3 is 9.64 Å². The van der Waals surface area contributed by atoms with E-state index < -0.39 is 0 Å². The monoisotopic (exact) mass is 293 g/mol. The van der Waals surface area contributed by atoms with E-state index in [2.05, 4.69) is 16.3 Å². The van der Waals surface area contributed by atoms with E-state index in [1.807, 2.05) is 32.1 Å². The second-order valence-corrected chi connectivity index (χ2v) is 7.82. The van der Waals surface area contributed by atoms with Gasteiger partial charge in [0.2, 0.25) is 5.91 Å². The predicted molar refractivity (Wildman–Crippen MR) is 80.9 cm³/mol. The molecule has 3 nitrogen and oxygen atoms in total. The minimum atomic E-state index is -0.256. The van der Waals surface area contributed by atoms with Crippen LogP contribution in [-0.4, -0.2) is 29.6 Å². The molecule has 1 aromatic heterocycles. The van der Waals surface area contributed by atoms with E-state index >= 15 is 0 Å². The Morgan fingerprint density at radius 1 is 1.45 bits per heavy atom. The van der Waals surface area contributed by atoms with E-state index in [1.54, 1.807) is 0 Å². The van der Waals surface area contributed by atoms with Gasteiger partial charge in [-0.25, -0.2) is 0 Å². The van der Waals surface area contributed by atoms with E-state index in [0.717, 1.165) is 13.0 Å². The van der Waals surface area contributed by atoms with E-state index in [0.29, 0.717) is 12.0 Å². The molecule has 1 aliphatic heterocycles. The lowest BCUT2D eigenvalue weighted by atomic mass is 9.96. The minimum absolute atomic E-state index is 0.147. The molecule has 3 rings (SSSR count). The van der Waals surface area contributed by atoms with Crippen LogP contribution in [0.2, 0.25) is 0 Å². The normalized spacial score (nSPS) is 22.8. The molecule has 1 atom stereocenters. The Bertz CT molecular complexity index is 499. The summed E-state index contributed by atoms with van der Waals surface area (Å²) in [6.45, 7) is 7.02. The highest BCUT2D eigenvalue weighted by Gasteiger charge is 2.41. The Hall–Kier alpha value is -0.870. The van der Waals surface area contributed by atoms with E-state index in [4.69, 9.17) is 4.74 Å². The summed E-state index contributed by atoms with van der Waals surface area (Å²) in [5, 5.41) is 2.17. The summed E-state index contributed by atoms with van der Waals surface area (Å²) in [5.41, 5.74) is 1.14. The molecule has 0 aromatic carbocycles. The van der Waals surface area contributed by atoms with Crippen molar-refractivity contribution < 1.29 is 9.53 Å². The van der Waals surface area contributed by atoms with Gasteiger partial charge in [-0.2, -0.15) is 0 Å². The average Bonchev–Trinajstić information content (AvgIpc) is 3.10. The molecule has 110 valence electrons. The Labute approximate surface area is 124 Å². The molecular weight excluding hydrogens is 270 g/mol. The Morgan fingerprint density at radius 2 is 2.20 bits per heavy atom. The Kier molecular flexibility index (Phi) is 3.63. The summed E-state index contributed by atoms with van der Waals surface area (Å²) in [6.07, 6.45) is 3.51. The largest absolute Gasteiger partial charge is 0.366 e. The summed E-state index contributed by atoms with van der Waals surface area (Å²) in [4.78, 5) is 16.1. The van der Waals surface area contributed by atoms with Crippen LogP contribution in [0.1, 0.15) is 50.1 Å². The molecule has 2 aliphatic rings. The quantitative estimate of drug-likeness (QED) is 0.855. The van der Waals surface area contributed by atoms with Crippen LogP contribution in [0.3, 0.4) is 0 Å². The van der Waals surface area contributed by atoms with Crippen molar-refractivity contribution in [3.63, 3.8) is 0 Å². The highest BCUT2D eigenvalue weighted by Crippen LogP contribution is 2.48. The Morgan fingerprint density at radius 3 is 2.85 bits per heavy atom. The van der Waals surface area contributed by atoms with Crippen molar-refractivity contribution >= 4 is 17.2 Å². The minimum Gasteiger partial charge on any atom is -0.366 e. The van der Waals surface area contributed by atoms with Crippen molar-refractivity contribution in [1.82, 2.24) is 4.90 Å². The molecule has 1 amide bonds. The molecule has 0 saturated heterocycles. The van der Waals surface area contributed by atoms with E-state index in [1.165, 1.54) is 23.3 Å². The van der Waals surface area contributed by atoms with Crippen LogP contribution in [0.5, 0.6) is 0 Å². The van der Waals surface area contributed by atoms with Crippen molar-refractivity contribution in [2.24, 2.45) is 5.92 Å². The number of fused-ring (bicyclic) bond motifs is 1. The van der Waals surface area contributed by atoms with Gasteiger partial charge in [-0.05, 0) is 63.0 Å². The molecule has 20 heavy (non-hydrogen) atoms. The first-order valence-corrected chi connectivity index (χ1v) is 8.33. The number of nitrogens with zero attached hydrogens (tertiary/aromatic N) is 1. The van der Waals surface area contributed by atoms with Crippen LogP contribution < -0.4 is 0 Å². The molecule has 0 radical (unpaired) electrons. The smallest absolute Gasteiger partial charge is 0.249 e. The number of rotatable bonds is 3. The third-order valence-electron chi connectivity index (χ3n) is 4.03. The topological polar surface area (TPSA) is 29.5 Å². The lowest BCUT2D eigenvalue weighted by Crippen LogP contribution is -2.43. The number of hydrogen-bond acceptors (Lipinski definition) is 3. The van der Waals surface area contributed by atoms with Gasteiger partial charge >= 0.3 is 0 Å². The number of amides is 1. The zero-order valence-corrected chi connectivity index (χ0v) is 13.3. The van der Waals surface area contributed by atoms with Crippen LogP contribution in [0.15, 0.2) is 11.4 Å². The maximum absolute atomic E-state index is 12.5. The number of ether oxygens (including phenoxy) is 1.